The van der Waals surface area contributed by atoms with E-state index >= 15 is 0 Å². The van der Waals surface area contributed by atoms with Gasteiger partial charge in [-0.2, -0.15) is 0 Å². The van der Waals surface area contributed by atoms with E-state index in [4.69, 9.17) is 22.1 Å². The fourth-order valence-electron chi connectivity index (χ4n) is 2.26. The third kappa shape index (κ3) is 2.41. The first-order chi connectivity index (χ1) is 9.25. The number of anilines is 1. The Balaban J connectivity index is 1.99. The largest absolute Gasteiger partial charge is 0.399 e. The molecule has 2 N–H and O–H groups in total. The maximum absolute atomic E-state index is 6.22. The average Bonchev–Trinajstić information content (AvgIpc) is 2.89. The van der Waals surface area contributed by atoms with Gasteiger partial charge >= 0.3 is 0 Å². The lowest BCUT2D eigenvalue weighted by atomic mass is 10.1. The van der Waals surface area contributed by atoms with Gasteiger partial charge in [0.2, 0.25) is 0 Å². The van der Waals surface area contributed by atoms with Crippen molar-refractivity contribution >= 4 is 17.3 Å². The molecule has 0 atom stereocenters. The molecule has 0 saturated carbocycles. The quantitative estimate of drug-likeness (QED) is 0.850. The van der Waals surface area contributed by atoms with Crippen LogP contribution in [0.1, 0.15) is 18.9 Å². The molecule has 0 amide bonds. The molecule has 1 saturated heterocycles. The van der Waals surface area contributed by atoms with Gasteiger partial charge in [0.25, 0.3) is 0 Å². The topological polar surface area (TPSA) is 78.9 Å². The van der Waals surface area contributed by atoms with Gasteiger partial charge in [0.1, 0.15) is 0 Å². The van der Waals surface area contributed by atoms with E-state index < -0.39 is 0 Å². The number of nitrogen functional groups attached to an aromatic ring is 1. The second-order valence-electron chi connectivity index (χ2n) is 4.53. The molecule has 3 rings (SSSR count). The summed E-state index contributed by atoms with van der Waals surface area (Å²) in [4.78, 5) is 0. The molecular weight excluding hydrogens is 266 g/mol. The van der Waals surface area contributed by atoms with Crippen LogP contribution in [0.25, 0.3) is 11.4 Å². The molecule has 1 fully saturated rings. The van der Waals surface area contributed by atoms with Crippen LogP contribution in [0.4, 0.5) is 5.69 Å². The lowest BCUT2D eigenvalue weighted by molar-refractivity contribution is 0.0662. The number of rotatable bonds is 2. The van der Waals surface area contributed by atoms with Gasteiger partial charge in [-0.25, -0.2) is 4.68 Å². The molecule has 6 nitrogen and oxygen atoms in total. The molecular formula is C12H14ClN5O. The molecule has 0 aliphatic carbocycles. The number of hydrogen-bond donors (Lipinski definition) is 1. The second kappa shape index (κ2) is 5.14. The number of nitrogens with two attached hydrogens (primary N) is 1. The molecule has 1 aromatic heterocycles. The second-order valence-corrected chi connectivity index (χ2v) is 4.94. The van der Waals surface area contributed by atoms with Crippen LogP contribution >= 0.6 is 11.6 Å². The van der Waals surface area contributed by atoms with Gasteiger partial charge in [0.15, 0.2) is 5.82 Å². The van der Waals surface area contributed by atoms with Crippen LogP contribution in [-0.4, -0.2) is 33.4 Å². The predicted molar refractivity (Wildman–Crippen MR) is 71.8 cm³/mol. The van der Waals surface area contributed by atoms with E-state index in [1.165, 1.54) is 0 Å². The van der Waals surface area contributed by atoms with Gasteiger partial charge in [0, 0.05) is 24.5 Å². The number of tetrazole rings is 1. The van der Waals surface area contributed by atoms with Crippen LogP contribution < -0.4 is 5.73 Å². The first kappa shape index (κ1) is 12.4. The monoisotopic (exact) mass is 279 g/mol. The van der Waals surface area contributed by atoms with E-state index in [2.05, 4.69) is 15.5 Å². The van der Waals surface area contributed by atoms with Gasteiger partial charge in [0.05, 0.1) is 11.1 Å². The van der Waals surface area contributed by atoms with Crippen molar-refractivity contribution in [2.24, 2.45) is 0 Å². The Morgan fingerprint density at radius 3 is 2.84 bits per heavy atom. The summed E-state index contributed by atoms with van der Waals surface area (Å²) in [6.07, 6.45) is 1.81. The third-order valence-corrected chi connectivity index (χ3v) is 3.58. The zero-order chi connectivity index (χ0) is 13.2. The third-order valence-electron chi connectivity index (χ3n) is 3.26. The van der Waals surface area contributed by atoms with Crippen molar-refractivity contribution in [2.45, 2.75) is 18.9 Å². The Morgan fingerprint density at radius 1 is 1.32 bits per heavy atom. The van der Waals surface area contributed by atoms with Crippen LogP contribution in [0, 0.1) is 0 Å². The minimum absolute atomic E-state index is 0.257. The molecule has 1 aliphatic heterocycles. The van der Waals surface area contributed by atoms with E-state index in [0.29, 0.717) is 16.5 Å². The minimum atomic E-state index is 0.257. The maximum atomic E-state index is 6.22. The average molecular weight is 280 g/mol. The van der Waals surface area contributed by atoms with E-state index in [1.807, 2.05) is 10.7 Å². The van der Waals surface area contributed by atoms with Crippen molar-refractivity contribution in [1.82, 2.24) is 20.2 Å². The molecule has 1 aromatic carbocycles. The standard InChI is InChI=1S/C12H14ClN5O/c13-11-7-8(14)1-2-10(11)12-15-16-17-18(12)9-3-5-19-6-4-9/h1-2,7,9H,3-6,14H2. The van der Waals surface area contributed by atoms with Crippen molar-refractivity contribution < 1.29 is 4.74 Å². The summed E-state index contributed by atoms with van der Waals surface area (Å²) in [5.41, 5.74) is 7.12. The number of ether oxygens (including phenoxy) is 1. The first-order valence-electron chi connectivity index (χ1n) is 6.16. The molecule has 2 heterocycles. The number of halogens is 1. The Morgan fingerprint density at radius 2 is 2.11 bits per heavy atom. The lowest BCUT2D eigenvalue weighted by Crippen LogP contribution is -2.21. The highest BCUT2D eigenvalue weighted by Gasteiger charge is 2.22. The molecule has 0 spiro atoms. The number of benzene rings is 1. The van der Waals surface area contributed by atoms with Crippen LogP contribution in [0.2, 0.25) is 5.02 Å². The number of aromatic nitrogens is 4. The van der Waals surface area contributed by atoms with Crippen LogP contribution in [-0.2, 0) is 4.74 Å². The first-order valence-corrected chi connectivity index (χ1v) is 6.54. The number of nitrogens with zero attached hydrogens (tertiary/aromatic N) is 4. The van der Waals surface area contributed by atoms with E-state index in [0.717, 1.165) is 31.6 Å². The van der Waals surface area contributed by atoms with Crippen molar-refractivity contribution in [1.29, 1.82) is 0 Å². The fraction of sp³-hybridized carbons (Fsp3) is 0.417. The minimum Gasteiger partial charge on any atom is -0.399 e. The SMILES string of the molecule is Nc1ccc(-c2nnnn2C2CCOCC2)c(Cl)c1. The normalized spacial score (nSPS) is 16.7. The highest BCUT2D eigenvalue weighted by molar-refractivity contribution is 6.33. The van der Waals surface area contributed by atoms with Gasteiger partial charge in [-0.1, -0.05) is 11.6 Å². The zero-order valence-corrected chi connectivity index (χ0v) is 11.0. The molecule has 2 aromatic rings. The molecule has 7 heteroatoms. The van der Waals surface area contributed by atoms with E-state index in [9.17, 15) is 0 Å². The molecule has 0 unspecified atom stereocenters. The van der Waals surface area contributed by atoms with Gasteiger partial charge in [-0.05, 0) is 41.5 Å². The van der Waals surface area contributed by atoms with Crippen molar-refractivity contribution in [2.75, 3.05) is 18.9 Å². The molecule has 1 aliphatic rings. The highest BCUT2D eigenvalue weighted by atomic mass is 35.5. The predicted octanol–water partition coefficient (Wildman–Crippen LogP) is 1.93. The molecule has 19 heavy (non-hydrogen) atoms. The Kier molecular flexibility index (Phi) is 3.35. The summed E-state index contributed by atoms with van der Waals surface area (Å²) in [5.74, 6) is 0.678. The summed E-state index contributed by atoms with van der Waals surface area (Å²) in [6.45, 7) is 1.47. The smallest absolute Gasteiger partial charge is 0.183 e. The summed E-state index contributed by atoms with van der Waals surface area (Å²) < 4.78 is 7.19. The summed E-state index contributed by atoms with van der Waals surface area (Å²) >= 11 is 6.22. The zero-order valence-electron chi connectivity index (χ0n) is 10.3. The summed E-state index contributed by atoms with van der Waals surface area (Å²) in [7, 11) is 0. The van der Waals surface area contributed by atoms with Crippen LogP contribution in [0.3, 0.4) is 0 Å². The van der Waals surface area contributed by atoms with Crippen LogP contribution in [0.5, 0.6) is 0 Å². The Bertz CT molecular complexity index is 579. The molecule has 0 radical (unpaired) electrons. The summed E-state index contributed by atoms with van der Waals surface area (Å²) in [6, 6.07) is 5.61. The van der Waals surface area contributed by atoms with Gasteiger partial charge in [-0.15, -0.1) is 5.10 Å². The van der Waals surface area contributed by atoms with Gasteiger partial charge < -0.3 is 10.5 Å². The van der Waals surface area contributed by atoms with Crippen LogP contribution in [0.15, 0.2) is 18.2 Å². The Hall–Kier alpha value is -1.66. The fourth-order valence-corrected chi connectivity index (χ4v) is 2.53. The summed E-state index contributed by atoms with van der Waals surface area (Å²) in [5, 5.41) is 12.5. The lowest BCUT2D eigenvalue weighted by Gasteiger charge is -2.22. The van der Waals surface area contributed by atoms with Crippen molar-refractivity contribution in [3.63, 3.8) is 0 Å². The molecule has 100 valence electrons. The molecule has 0 bridgehead atoms. The van der Waals surface area contributed by atoms with Crippen molar-refractivity contribution in [3.05, 3.63) is 23.2 Å². The van der Waals surface area contributed by atoms with E-state index in [1.54, 1.807) is 12.1 Å². The Labute approximate surface area is 115 Å². The number of hydrogen-bond acceptors (Lipinski definition) is 5. The maximum Gasteiger partial charge on any atom is 0.183 e. The van der Waals surface area contributed by atoms with Gasteiger partial charge in [-0.3, -0.25) is 0 Å². The highest BCUT2D eigenvalue weighted by Crippen LogP contribution is 2.31. The van der Waals surface area contributed by atoms with E-state index in [-0.39, 0.29) is 6.04 Å². The van der Waals surface area contributed by atoms with Crippen molar-refractivity contribution in [3.8, 4) is 11.4 Å².